The number of para-hydroxylation sites is 1. The first-order valence-electron chi connectivity index (χ1n) is 6.14. The van der Waals surface area contributed by atoms with Gasteiger partial charge >= 0.3 is 5.97 Å². The van der Waals surface area contributed by atoms with E-state index in [2.05, 4.69) is 10.9 Å². The molecule has 0 unspecified atom stereocenters. The maximum absolute atomic E-state index is 10.8. The molecular weight excluding hydrogens is 328 g/mol. The van der Waals surface area contributed by atoms with Crippen molar-refractivity contribution in [3.05, 3.63) is 23.2 Å². The van der Waals surface area contributed by atoms with Gasteiger partial charge in [0.15, 0.2) is 5.16 Å². The zero-order chi connectivity index (χ0) is 15.2. The monoisotopic (exact) mass is 340 g/mol. The maximum Gasteiger partial charge on any atom is 0.313 e. The number of halogens is 1. The predicted octanol–water partition coefficient (Wildman–Crippen LogP) is 3.23. The second-order valence-corrected chi connectivity index (χ2v) is 6.55. The lowest BCUT2D eigenvalue weighted by Gasteiger charge is -2.08. The number of carbonyl (C=O) groups is 1. The summed E-state index contributed by atoms with van der Waals surface area (Å²) < 4.78 is 1.97. The van der Waals surface area contributed by atoms with Crippen molar-refractivity contribution >= 4 is 52.1 Å². The quantitative estimate of drug-likeness (QED) is 0.476. The Labute approximate surface area is 136 Å². The number of rotatable bonds is 7. The third kappa shape index (κ3) is 4.10. The minimum Gasteiger partial charge on any atom is -0.481 e. The maximum atomic E-state index is 10.8. The third-order valence-electron chi connectivity index (χ3n) is 2.65. The van der Waals surface area contributed by atoms with Crippen LogP contribution < -0.4 is 0 Å². The average Bonchev–Trinajstić information content (AvgIpc) is 2.80. The van der Waals surface area contributed by atoms with Gasteiger partial charge < -0.3 is 9.67 Å². The number of hydrogen-bond acceptors (Lipinski definition) is 4. The van der Waals surface area contributed by atoms with Crippen LogP contribution in [-0.2, 0) is 11.3 Å². The summed E-state index contributed by atoms with van der Waals surface area (Å²) in [6, 6.07) is 5.51. The van der Waals surface area contributed by atoms with Crippen LogP contribution in [0, 0.1) is 12.3 Å². The van der Waals surface area contributed by atoms with Crippen molar-refractivity contribution in [1.29, 1.82) is 0 Å². The summed E-state index contributed by atoms with van der Waals surface area (Å²) in [5.74, 6) is 3.15. The summed E-state index contributed by atoms with van der Waals surface area (Å²) in [5.41, 5.74) is 1.62. The second-order valence-electron chi connectivity index (χ2n) is 4.09. The minimum atomic E-state index is -0.869. The van der Waals surface area contributed by atoms with Crippen LogP contribution in [-0.4, -0.2) is 37.9 Å². The van der Waals surface area contributed by atoms with Gasteiger partial charge in [-0.25, -0.2) is 4.98 Å². The molecule has 0 aliphatic carbocycles. The fraction of sp³-hybridized carbons (Fsp3) is 0.286. The molecule has 0 radical (unpaired) electrons. The molecule has 7 heteroatoms. The molecule has 1 N–H and O–H groups in total. The molecule has 1 aromatic carbocycles. The highest BCUT2D eigenvalue weighted by Gasteiger charge is 2.14. The van der Waals surface area contributed by atoms with Crippen molar-refractivity contribution in [2.24, 2.45) is 0 Å². The van der Waals surface area contributed by atoms with Gasteiger partial charge in [-0.3, -0.25) is 4.79 Å². The predicted molar refractivity (Wildman–Crippen MR) is 89.3 cm³/mol. The Morgan fingerprint density at radius 1 is 1.52 bits per heavy atom. The molecule has 1 aromatic heterocycles. The Kier molecular flexibility index (Phi) is 5.85. The Morgan fingerprint density at radius 2 is 2.33 bits per heavy atom. The lowest BCUT2D eigenvalue weighted by Crippen LogP contribution is -2.05. The van der Waals surface area contributed by atoms with Gasteiger partial charge in [-0.1, -0.05) is 35.3 Å². The number of thioether (sulfide) groups is 2. The van der Waals surface area contributed by atoms with Crippen LogP contribution in [0.25, 0.3) is 11.0 Å². The third-order valence-corrected chi connectivity index (χ3v) is 4.76. The summed E-state index contributed by atoms with van der Waals surface area (Å²) in [4.78, 5) is 15.2. The van der Waals surface area contributed by atoms with E-state index in [0.29, 0.717) is 22.5 Å². The molecule has 0 bridgehead atoms. The van der Waals surface area contributed by atoms with E-state index in [0.717, 1.165) is 16.8 Å². The normalized spacial score (nSPS) is 10.7. The highest BCUT2D eigenvalue weighted by Crippen LogP contribution is 2.29. The van der Waals surface area contributed by atoms with Gasteiger partial charge in [0.05, 0.1) is 27.6 Å². The summed E-state index contributed by atoms with van der Waals surface area (Å²) in [5, 5.41) is 10.1. The van der Waals surface area contributed by atoms with Crippen molar-refractivity contribution < 1.29 is 9.90 Å². The van der Waals surface area contributed by atoms with E-state index in [9.17, 15) is 4.79 Å². The number of terminal acetylenes is 1. The molecular formula is C14H13ClN2O2S2. The fourth-order valence-electron chi connectivity index (χ4n) is 1.85. The molecule has 1 heterocycles. The van der Waals surface area contributed by atoms with E-state index in [4.69, 9.17) is 23.1 Å². The first-order valence-corrected chi connectivity index (χ1v) is 8.66. The van der Waals surface area contributed by atoms with Gasteiger partial charge in [-0.15, -0.1) is 18.2 Å². The SMILES string of the molecule is C#CCSCCn1c(SCC(=O)O)nc2cccc(Cl)c21. The molecule has 4 nitrogen and oxygen atoms in total. The molecule has 2 aromatic rings. The second kappa shape index (κ2) is 7.64. The number of aryl methyl sites for hydroxylation is 1. The molecule has 0 spiro atoms. The Hall–Kier alpha value is -1.29. The number of aromatic nitrogens is 2. The van der Waals surface area contributed by atoms with Crippen LogP contribution in [0.3, 0.4) is 0 Å². The van der Waals surface area contributed by atoms with E-state index in [1.165, 1.54) is 11.8 Å². The smallest absolute Gasteiger partial charge is 0.313 e. The lowest BCUT2D eigenvalue weighted by atomic mass is 10.3. The zero-order valence-electron chi connectivity index (χ0n) is 11.1. The van der Waals surface area contributed by atoms with Crippen molar-refractivity contribution in [3.63, 3.8) is 0 Å². The van der Waals surface area contributed by atoms with Crippen LogP contribution in [0.15, 0.2) is 23.4 Å². The summed E-state index contributed by atoms with van der Waals surface area (Å²) in [6.07, 6.45) is 5.23. The largest absolute Gasteiger partial charge is 0.481 e. The van der Waals surface area contributed by atoms with Crippen LogP contribution in [0.4, 0.5) is 0 Å². The summed E-state index contributed by atoms with van der Waals surface area (Å²) >= 11 is 9.10. The van der Waals surface area contributed by atoms with E-state index in [1.54, 1.807) is 11.8 Å². The van der Waals surface area contributed by atoms with Gasteiger partial charge in [0, 0.05) is 12.3 Å². The number of carboxylic acid groups (broad SMARTS) is 1. The standard InChI is InChI=1S/C14H13ClN2O2S2/c1-2-7-20-8-6-17-13-10(15)4-3-5-11(13)16-14(17)21-9-12(18)19/h1,3-5H,6-9H2,(H,18,19). The van der Waals surface area contributed by atoms with E-state index in [-0.39, 0.29) is 5.75 Å². The van der Waals surface area contributed by atoms with Crippen molar-refractivity contribution in [3.8, 4) is 12.3 Å². The van der Waals surface area contributed by atoms with Crippen molar-refractivity contribution in [1.82, 2.24) is 9.55 Å². The van der Waals surface area contributed by atoms with Crippen LogP contribution in [0.2, 0.25) is 5.02 Å². The van der Waals surface area contributed by atoms with Gasteiger partial charge in [0.25, 0.3) is 0 Å². The first-order chi connectivity index (χ1) is 10.1. The fourth-order valence-corrected chi connectivity index (χ4v) is 3.45. The first kappa shape index (κ1) is 16.1. The van der Waals surface area contributed by atoms with E-state index >= 15 is 0 Å². The topological polar surface area (TPSA) is 55.1 Å². The number of imidazole rings is 1. The van der Waals surface area contributed by atoms with Crippen LogP contribution >= 0.6 is 35.1 Å². The van der Waals surface area contributed by atoms with Crippen molar-refractivity contribution in [2.75, 3.05) is 17.3 Å². The van der Waals surface area contributed by atoms with Gasteiger partial charge in [0.1, 0.15) is 0 Å². The highest BCUT2D eigenvalue weighted by atomic mass is 35.5. The number of aliphatic carboxylic acids is 1. The number of benzene rings is 1. The number of carboxylic acids is 1. The molecule has 0 aliphatic heterocycles. The van der Waals surface area contributed by atoms with Gasteiger partial charge in [-0.05, 0) is 12.1 Å². The van der Waals surface area contributed by atoms with E-state index in [1.807, 2.05) is 22.8 Å². The molecule has 110 valence electrons. The molecule has 0 saturated heterocycles. The Morgan fingerprint density at radius 3 is 3.05 bits per heavy atom. The average molecular weight is 341 g/mol. The highest BCUT2D eigenvalue weighted by molar-refractivity contribution is 8.00. The van der Waals surface area contributed by atoms with Crippen LogP contribution in [0.1, 0.15) is 0 Å². The lowest BCUT2D eigenvalue weighted by molar-refractivity contribution is -0.133. The molecule has 0 atom stereocenters. The van der Waals surface area contributed by atoms with Gasteiger partial charge in [0.2, 0.25) is 0 Å². The summed E-state index contributed by atoms with van der Waals surface area (Å²) in [6.45, 7) is 0.689. The molecule has 21 heavy (non-hydrogen) atoms. The molecule has 0 aliphatic rings. The minimum absolute atomic E-state index is 0.0293. The molecule has 0 amide bonds. The number of nitrogens with zero attached hydrogens (tertiary/aromatic N) is 2. The Balaban J connectivity index is 2.30. The summed E-state index contributed by atoms with van der Waals surface area (Å²) in [7, 11) is 0. The van der Waals surface area contributed by atoms with E-state index < -0.39 is 5.97 Å². The molecule has 0 saturated carbocycles. The Bertz CT molecular complexity index is 694. The van der Waals surface area contributed by atoms with Gasteiger partial charge in [-0.2, -0.15) is 0 Å². The molecule has 2 rings (SSSR count). The number of hydrogen-bond donors (Lipinski definition) is 1. The number of fused-ring (bicyclic) bond motifs is 1. The van der Waals surface area contributed by atoms with Crippen molar-refractivity contribution in [2.45, 2.75) is 11.7 Å². The van der Waals surface area contributed by atoms with Crippen LogP contribution in [0.5, 0.6) is 0 Å². The zero-order valence-corrected chi connectivity index (χ0v) is 13.5. The molecule has 0 fully saturated rings.